The van der Waals surface area contributed by atoms with E-state index in [2.05, 4.69) is 22.5 Å². The number of hydrogen-bond acceptors (Lipinski definition) is 3. The Morgan fingerprint density at radius 2 is 1.96 bits per heavy atom. The number of carbonyl (C=O) groups is 1. The van der Waals surface area contributed by atoms with Crippen LogP contribution in [0.2, 0.25) is 0 Å². The second kappa shape index (κ2) is 10.7. The van der Waals surface area contributed by atoms with Crippen LogP contribution in [0.5, 0.6) is 0 Å². The maximum atomic E-state index is 13.0. The van der Waals surface area contributed by atoms with Crippen molar-refractivity contribution in [3.8, 4) is 0 Å². The monoisotopic (exact) mass is 346 g/mol. The Balaban J connectivity index is 2.03. The molecule has 1 saturated heterocycles. The van der Waals surface area contributed by atoms with Gasteiger partial charge < -0.3 is 20.3 Å². The molecule has 0 radical (unpaired) electrons. The van der Waals surface area contributed by atoms with E-state index in [0.717, 1.165) is 30.9 Å². The van der Waals surface area contributed by atoms with Gasteiger partial charge >= 0.3 is 0 Å². The number of nitrogens with one attached hydrogen (secondary N) is 2. The van der Waals surface area contributed by atoms with Crippen LogP contribution < -0.4 is 10.6 Å². The van der Waals surface area contributed by atoms with E-state index in [4.69, 9.17) is 4.74 Å². The molecule has 1 atom stereocenters. The van der Waals surface area contributed by atoms with Crippen LogP contribution in [-0.2, 0) is 9.53 Å². The zero-order valence-electron chi connectivity index (χ0n) is 15.3. The molecule has 0 spiro atoms. The van der Waals surface area contributed by atoms with Crippen LogP contribution in [-0.4, -0.2) is 63.2 Å². The molecule has 1 aliphatic heterocycles. The summed E-state index contributed by atoms with van der Waals surface area (Å²) in [6, 6.07) is 9.95. The minimum absolute atomic E-state index is 0.144. The second-order valence-electron chi connectivity index (χ2n) is 6.13. The van der Waals surface area contributed by atoms with E-state index in [1.54, 1.807) is 7.05 Å². The number of rotatable bonds is 7. The van der Waals surface area contributed by atoms with E-state index < -0.39 is 0 Å². The maximum Gasteiger partial charge on any atom is 0.232 e. The summed E-state index contributed by atoms with van der Waals surface area (Å²) in [6.07, 6.45) is 2.22. The summed E-state index contributed by atoms with van der Waals surface area (Å²) >= 11 is 0. The minimum Gasteiger partial charge on any atom is -0.378 e. The van der Waals surface area contributed by atoms with Crippen LogP contribution in [0.1, 0.15) is 31.2 Å². The Morgan fingerprint density at radius 3 is 2.60 bits per heavy atom. The van der Waals surface area contributed by atoms with Crippen LogP contribution in [0.4, 0.5) is 0 Å². The Labute approximate surface area is 150 Å². The third-order valence-electron chi connectivity index (χ3n) is 4.34. The van der Waals surface area contributed by atoms with Gasteiger partial charge in [-0.15, -0.1) is 0 Å². The molecule has 1 aromatic rings. The van der Waals surface area contributed by atoms with Gasteiger partial charge in [0.1, 0.15) is 0 Å². The first-order valence-corrected chi connectivity index (χ1v) is 9.12. The lowest BCUT2D eigenvalue weighted by Crippen LogP contribution is -2.47. The highest BCUT2D eigenvalue weighted by Crippen LogP contribution is 2.18. The predicted octanol–water partition coefficient (Wildman–Crippen LogP) is 1.59. The number of hydrogen-bond donors (Lipinski definition) is 2. The summed E-state index contributed by atoms with van der Waals surface area (Å²) in [7, 11) is 1.75. The summed E-state index contributed by atoms with van der Waals surface area (Å²) in [5, 5.41) is 6.60. The Morgan fingerprint density at radius 1 is 1.24 bits per heavy atom. The molecule has 6 heteroatoms. The molecular formula is C19H30N4O2. The molecule has 1 aromatic carbocycles. The summed E-state index contributed by atoms with van der Waals surface area (Å²) in [6.45, 7) is 6.10. The molecule has 1 amide bonds. The predicted molar refractivity (Wildman–Crippen MR) is 101 cm³/mol. The van der Waals surface area contributed by atoms with Gasteiger partial charge in [-0.25, -0.2) is 0 Å². The number of aliphatic imine (C=N–C) groups is 1. The second-order valence-corrected chi connectivity index (χ2v) is 6.13. The molecule has 0 saturated carbocycles. The van der Waals surface area contributed by atoms with Crippen molar-refractivity contribution in [1.29, 1.82) is 0 Å². The van der Waals surface area contributed by atoms with Crippen LogP contribution >= 0.6 is 0 Å². The number of morpholine rings is 1. The normalized spacial score (nSPS) is 16.4. The molecule has 0 aliphatic carbocycles. The molecular weight excluding hydrogens is 316 g/mol. The standard InChI is InChI=1S/C19H30N4O2/c1-3-4-10-21-19(20-2)22-15-17(16-8-6-5-7-9-16)18(24)23-11-13-25-14-12-23/h5-9,17H,3-4,10-15H2,1-2H3,(H2,20,21,22). The van der Waals surface area contributed by atoms with Gasteiger partial charge in [-0.05, 0) is 12.0 Å². The first kappa shape index (κ1) is 19.2. The van der Waals surface area contributed by atoms with E-state index in [0.29, 0.717) is 32.8 Å². The summed E-state index contributed by atoms with van der Waals surface area (Å²) in [4.78, 5) is 19.2. The summed E-state index contributed by atoms with van der Waals surface area (Å²) < 4.78 is 5.37. The van der Waals surface area contributed by atoms with Crippen molar-refractivity contribution in [2.24, 2.45) is 4.99 Å². The van der Waals surface area contributed by atoms with Crippen LogP contribution in [0.15, 0.2) is 35.3 Å². The van der Waals surface area contributed by atoms with Crippen molar-refractivity contribution in [3.05, 3.63) is 35.9 Å². The largest absolute Gasteiger partial charge is 0.378 e. The Bertz CT molecular complexity index is 542. The van der Waals surface area contributed by atoms with Crippen LogP contribution in [0.25, 0.3) is 0 Å². The number of benzene rings is 1. The zero-order valence-corrected chi connectivity index (χ0v) is 15.3. The number of carbonyl (C=O) groups excluding carboxylic acids is 1. The van der Waals surface area contributed by atoms with Crippen molar-refractivity contribution < 1.29 is 9.53 Å². The molecule has 6 nitrogen and oxygen atoms in total. The number of guanidine groups is 1. The quantitative estimate of drug-likeness (QED) is 0.447. The fraction of sp³-hybridized carbons (Fsp3) is 0.579. The number of nitrogens with zero attached hydrogens (tertiary/aromatic N) is 2. The van der Waals surface area contributed by atoms with Crippen molar-refractivity contribution in [3.63, 3.8) is 0 Å². The molecule has 25 heavy (non-hydrogen) atoms. The Hall–Kier alpha value is -2.08. The third kappa shape index (κ3) is 6.05. The molecule has 1 unspecified atom stereocenters. The molecule has 1 fully saturated rings. The first-order chi connectivity index (χ1) is 12.3. The van der Waals surface area contributed by atoms with Gasteiger partial charge in [0.2, 0.25) is 5.91 Å². The van der Waals surface area contributed by atoms with Gasteiger partial charge in [-0.2, -0.15) is 0 Å². The van der Waals surface area contributed by atoms with Crippen LogP contribution in [0, 0.1) is 0 Å². The Kier molecular flexibility index (Phi) is 8.25. The summed E-state index contributed by atoms with van der Waals surface area (Å²) in [5.74, 6) is 0.652. The van der Waals surface area contributed by atoms with Crippen molar-refractivity contribution in [1.82, 2.24) is 15.5 Å². The van der Waals surface area contributed by atoms with Crippen molar-refractivity contribution >= 4 is 11.9 Å². The van der Waals surface area contributed by atoms with Gasteiger partial charge in [0, 0.05) is 33.2 Å². The van der Waals surface area contributed by atoms with Gasteiger partial charge in [-0.1, -0.05) is 43.7 Å². The van der Waals surface area contributed by atoms with E-state index in [1.807, 2.05) is 35.2 Å². The van der Waals surface area contributed by atoms with Gasteiger partial charge in [-0.3, -0.25) is 9.79 Å². The average Bonchev–Trinajstić information content (AvgIpc) is 2.68. The zero-order chi connectivity index (χ0) is 17.9. The molecule has 2 N–H and O–H groups in total. The molecule has 0 aromatic heterocycles. The van der Waals surface area contributed by atoms with Crippen molar-refractivity contribution in [2.45, 2.75) is 25.7 Å². The number of unbranched alkanes of at least 4 members (excludes halogenated alkanes) is 1. The maximum absolute atomic E-state index is 13.0. The topological polar surface area (TPSA) is 66.0 Å². The molecule has 2 rings (SSSR count). The van der Waals surface area contributed by atoms with Gasteiger partial charge in [0.05, 0.1) is 19.1 Å². The highest BCUT2D eigenvalue weighted by atomic mass is 16.5. The molecule has 0 bridgehead atoms. The lowest BCUT2D eigenvalue weighted by molar-refractivity contribution is -0.136. The SMILES string of the molecule is CCCCNC(=NC)NCC(C(=O)N1CCOCC1)c1ccccc1. The highest BCUT2D eigenvalue weighted by molar-refractivity contribution is 5.86. The highest BCUT2D eigenvalue weighted by Gasteiger charge is 2.27. The van der Waals surface area contributed by atoms with Crippen LogP contribution in [0.3, 0.4) is 0 Å². The van der Waals surface area contributed by atoms with E-state index in [9.17, 15) is 4.79 Å². The van der Waals surface area contributed by atoms with E-state index in [-0.39, 0.29) is 11.8 Å². The summed E-state index contributed by atoms with van der Waals surface area (Å²) in [5.41, 5.74) is 1.02. The van der Waals surface area contributed by atoms with E-state index >= 15 is 0 Å². The third-order valence-corrected chi connectivity index (χ3v) is 4.34. The lowest BCUT2D eigenvalue weighted by Gasteiger charge is -2.31. The average molecular weight is 346 g/mol. The number of ether oxygens (including phenoxy) is 1. The van der Waals surface area contributed by atoms with E-state index in [1.165, 1.54) is 0 Å². The van der Waals surface area contributed by atoms with Gasteiger partial charge in [0.25, 0.3) is 0 Å². The fourth-order valence-electron chi connectivity index (χ4n) is 2.84. The lowest BCUT2D eigenvalue weighted by atomic mass is 9.97. The minimum atomic E-state index is -0.232. The molecule has 1 heterocycles. The fourth-order valence-corrected chi connectivity index (χ4v) is 2.84. The van der Waals surface area contributed by atoms with Crippen molar-refractivity contribution in [2.75, 3.05) is 46.4 Å². The van der Waals surface area contributed by atoms with Gasteiger partial charge in [0.15, 0.2) is 5.96 Å². The smallest absolute Gasteiger partial charge is 0.232 e. The number of amides is 1. The molecule has 1 aliphatic rings. The first-order valence-electron chi connectivity index (χ1n) is 9.12. The molecule has 138 valence electrons.